The lowest BCUT2D eigenvalue weighted by atomic mass is 10.2. The number of ether oxygens (including phenoxy) is 3. The van der Waals surface area contributed by atoms with Gasteiger partial charge in [0.15, 0.2) is 0 Å². The summed E-state index contributed by atoms with van der Waals surface area (Å²) >= 11 is 5.88. The zero-order chi connectivity index (χ0) is 16.1. The van der Waals surface area contributed by atoms with Crippen LogP contribution >= 0.6 is 11.6 Å². The third-order valence-corrected chi connectivity index (χ3v) is 3.10. The molecule has 0 aliphatic rings. The molecule has 5 nitrogen and oxygen atoms in total. The molecule has 0 amide bonds. The Morgan fingerprint density at radius 2 is 1.64 bits per heavy atom. The number of methoxy groups -OCH3 is 2. The normalized spacial score (nSPS) is 9.95. The fraction of sp³-hybridized carbons (Fsp3) is 0.125. The predicted molar refractivity (Wildman–Crippen MR) is 80.7 cm³/mol. The van der Waals surface area contributed by atoms with E-state index >= 15 is 0 Å². The van der Waals surface area contributed by atoms with Crippen LogP contribution in [0.3, 0.4) is 0 Å². The number of benzene rings is 2. The van der Waals surface area contributed by atoms with Gasteiger partial charge in [-0.1, -0.05) is 11.6 Å². The van der Waals surface area contributed by atoms with Crippen LogP contribution in [0.1, 0.15) is 20.7 Å². The van der Waals surface area contributed by atoms with E-state index in [9.17, 15) is 9.59 Å². The van der Waals surface area contributed by atoms with Gasteiger partial charge in [0.2, 0.25) is 0 Å². The first kappa shape index (κ1) is 15.9. The summed E-state index contributed by atoms with van der Waals surface area (Å²) in [5.41, 5.74) is 0.578. The SMILES string of the molecule is COC(=O)c1ccc(OC(=O)c2cc(Cl)ccc2OC)cc1. The second kappa shape index (κ2) is 6.95. The van der Waals surface area contributed by atoms with Gasteiger partial charge in [-0.05, 0) is 42.5 Å². The molecule has 0 aliphatic carbocycles. The Hall–Kier alpha value is -2.53. The van der Waals surface area contributed by atoms with Gasteiger partial charge in [0.25, 0.3) is 0 Å². The molecule has 2 rings (SSSR count). The van der Waals surface area contributed by atoms with Gasteiger partial charge in [-0.25, -0.2) is 9.59 Å². The van der Waals surface area contributed by atoms with Crippen LogP contribution in [0, 0.1) is 0 Å². The van der Waals surface area contributed by atoms with Crippen LogP contribution in [0.25, 0.3) is 0 Å². The molecule has 0 atom stereocenters. The summed E-state index contributed by atoms with van der Waals surface area (Å²) in [6.45, 7) is 0. The van der Waals surface area contributed by atoms with Crippen LogP contribution in [0.4, 0.5) is 0 Å². The van der Waals surface area contributed by atoms with E-state index in [4.69, 9.17) is 21.1 Å². The molecular weight excluding hydrogens is 308 g/mol. The van der Waals surface area contributed by atoms with Crippen LogP contribution in [0.15, 0.2) is 42.5 Å². The third kappa shape index (κ3) is 3.56. The van der Waals surface area contributed by atoms with Gasteiger partial charge < -0.3 is 14.2 Å². The molecule has 6 heteroatoms. The van der Waals surface area contributed by atoms with Gasteiger partial charge in [0, 0.05) is 5.02 Å². The molecule has 0 bridgehead atoms. The summed E-state index contributed by atoms with van der Waals surface area (Å²) in [6.07, 6.45) is 0. The van der Waals surface area contributed by atoms with Crippen molar-refractivity contribution in [2.75, 3.05) is 14.2 Å². The highest BCUT2D eigenvalue weighted by Gasteiger charge is 2.15. The highest BCUT2D eigenvalue weighted by atomic mass is 35.5. The molecule has 0 aromatic heterocycles. The predicted octanol–water partition coefficient (Wildman–Crippen LogP) is 3.35. The van der Waals surface area contributed by atoms with Crippen molar-refractivity contribution in [1.82, 2.24) is 0 Å². The summed E-state index contributed by atoms with van der Waals surface area (Å²) in [5.74, 6) is -0.417. The summed E-state index contributed by atoms with van der Waals surface area (Å²) in [4.78, 5) is 23.5. The van der Waals surface area contributed by atoms with Crippen LogP contribution < -0.4 is 9.47 Å². The lowest BCUT2D eigenvalue weighted by molar-refractivity contribution is 0.0600. The fourth-order valence-electron chi connectivity index (χ4n) is 1.78. The highest BCUT2D eigenvalue weighted by Crippen LogP contribution is 2.24. The molecule has 0 aliphatic heterocycles. The second-order valence-corrected chi connectivity index (χ2v) is 4.69. The number of carbonyl (C=O) groups is 2. The molecule has 22 heavy (non-hydrogen) atoms. The van der Waals surface area contributed by atoms with Crippen molar-refractivity contribution >= 4 is 23.5 Å². The van der Waals surface area contributed by atoms with Crippen LogP contribution in [0.5, 0.6) is 11.5 Å². The summed E-state index contributed by atoms with van der Waals surface area (Å²) in [5, 5.41) is 0.397. The number of carbonyl (C=O) groups excluding carboxylic acids is 2. The molecule has 114 valence electrons. The van der Waals surface area contributed by atoms with Crippen molar-refractivity contribution in [3.8, 4) is 11.5 Å². The molecule has 0 spiro atoms. The van der Waals surface area contributed by atoms with E-state index in [1.807, 2.05) is 0 Å². The minimum absolute atomic E-state index is 0.215. The minimum atomic E-state index is -0.606. The lowest BCUT2D eigenvalue weighted by Gasteiger charge is -2.09. The van der Waals surface area contributed by atoms with Gasteiger partial charge >= 0.3 is 11.9 Å². The van der Waals surface area contributed by atoms with Crippen molar-refractivity contribution in [3.63, 3.8) is 0 Å². The molecule has 0 fully saturated rings. The van der Waals surface area contributed by atoms with Crippen molar-refractivity contribution < 1.29 is 23.8 Å². The maximum Gasteiger partial charge on any atom is 0.347 e. The van der Waals surface area contributed by atoms with Crippen LogP contribution in [0.2, 0.25) is 5.02 Å². The summed E-state index contributed by atoms with van der Waals surface area (Å²) < 4.78 is 14.9. The average molecular weight is 321 g/mol. The van der Waals surface area contributed by atoms with Crippen molar-refractivity contribution in [3.05, 3.63) is 58.6 Å². The van der Waals surface area contributed by atoms with E-state index in [0.29, 0.717) is 22.1 Å². The van der Waals surface area contributed by atoms with E-state index in [0.717, 1.165) is 0 Å². The van der Waals surface area contributed by atoms with Crippen LogP contribution in [-0.2, 0) is 4.74 Å². The third-order valence-electron chi connectivity index (χ3n) is 2.87. The first-order valence-electron chi connectivity index (χ1n) is 6.29. The monoisotopic (exact) mass is 320 g/mol. The molecule has 0 unspecified atom stereocenters. The lowest BCUT2D eigenvalue weighted by Crippen LogP contribution is -2.10. The number of hydrogen-bond donors (Lipinski definition) is 0. The number of hydrogen-bond acceptors (Lipinski definition) is 5. The Balaban J connectivity index is 2.18. The van der Waals surface area contributed by atoms with E-state index in [2.05, 4.69) is 4.74 Å². The maximum absolute atomic E-state index is 12.2. The number of halogens is 1. The molecule has 2 aromatic rings. The Morgan fingerprint density at radius 3 is 2.23 bits per heavy atom. The van der Waals surface area contributed by atoms with E-state index < -0.39 is 11.9 Å². The van der Waals surface area contributed by atoms with Crippen LogP contribution in [-0.4, -0.2) is 26.2 Å². The summed E-state index contributed by atoms with van der Waals surface area (Å²) in [6, 6.07) is 10.7. The quantitative estimate of drug-likeness (QED) is 0.638. The standard InChI is InChI=1S/C16H13ClO5/c1-20-14-8-5-11(17)9-13(14)16(19)22-12-6-3-10(4-7-12)15(18)21-2/h3-9H,1-2H3. The van der Waals surface area contributed by atoms with Gasteiger partial charge in [-0.2, -0.15) is 0 Å². The van der Waals surface area contributed by atoms with Gasteiger partial charge in [0.05, 0.1) is 19.8 Å². The van der Waals surface area contributed by atoms with Crippen molar-refractivity contribution in [1.29, 1.82) is 0 Å². The second-order valence-electron chi connectivity index (χ2n) is 4.25. The number of esters is 2. The molecular formula is C16H13ClO5. The highest BCUT2D eigenvalue weighted by molar-refractivity contribution is 6.31. The Morgan fingerprint density at radius 1 is 0.955 bits per heavy atom. The summed E-state index contributed by atoms with van der Waals surface area (Å²) in [7, 11) is 2.74. The maximum atomic E-state index is 12.2. The van der Waals surface area contributed by atoms with Gasteiger partial charge in [-0.15, -0.1) is 0 Å². The van der Waals surface area contributed by atoms with Crippen molar-refractivity contribution in [2.24, 2.45) is 0 Å². The molecule has 0 heterocycles. The Bertz CT molecular complexity index is 694. The number of rotatable bonds is 4. The Labute approximate surface area is 132 Å². The first-order valence-corrected chi connectivity index (χ1v) is 6.67. The van der Waals surface area contributed by atoms with E-state index in [1.165, 1.54) is 44.6 Å². The zero-order valence-electron chi connectivity index (χ0n) is 12.0. The Kier molecular flexibility index (Phi) is 5.01. The van der Waals surface area contributed by atoms with Gasteiger partial charge in [0.1, 0.15) is 17.1 Å². The zero-order valence-corrected chi connectivity index (χ0v) is 12.7. The molecule has 2 aromatic carbocycles. The largest absolute Gasteiger partial charge is 0.496 e. The smallest absolute Gasteiger partial charge is 0.347 e. The minimum Gasteiger partial charge on any atom is -0.496 e. The van der Waals surface area contributed by atoms with Gasteiger partial charge in [-0.3, -0.25) is 0 Å². The molecule has 0 saturated heterocycles. The first-order chi connectivity index (χ1) is 10.5. The van der Waals surface area contributed by atoms with E-state index in [1.54, 1.807) is 12.1 Å². The molecule has 0 radical (unpaired) electrons. The average Bonchev–Trinajstić information content (AvgIpc) is 2.54. The fourth-order valence-corrected chi connectivity index (χ4v) is 1.95. The van der Waals surface area contributed by atoms with E-state index in [-0.39, 0.29) is 5.56 Å². The van der Waals surface area contributed by atoms with Crippen molar-refractivity contribution in [2.45, 2.75) is 0 Å². The molecule has 0 N–H and O–H groups in total. The molecule has 0 saturated carbocycles. The topological polar surface area (TPSA) is 61.8 Å².